The van der Waals surface area contributed by atoms with Gasteiger partial charge in [0.05, 0.1) is 11.6 Å². The Labute approximate surface area is 137 Å². The Morgan fingerprint density at radius 2 is 1.67 bits per heavy atom. The van der Waals surface area contributed by atoms with E-state index < -0.39 is 6.10 Å². The van der Waals surface area contributed by atoms with Crippen LogP contribution in [0.5, 0.6) is 0 Å². The first kappa shape index (κ1) is 15.6. The van der Waals surface area contributed by atoms with Crippen LogP contribution in [0, 0.1) is 0 Å². The summed E-state index contributed by atoms with van der Waals surface area (Å²) in [6.45, 7) is 2.19. The first-order chi connectivity index (χ1) is 10.1. The Balaban J connectivity index is 1.94. The van der Waals surface area contributed by atoms with Crippen molar-refractivity contribution in [3.63, 3.8) is 0 Å². The maximum absolute atomic E-state index is 11.1. The van der Waals surface area contributed by atoms with Gasteiger partial charge in [0.1, 0.15) is 0 Å². The molecule has 1 aromatic rings. The van der Waals surface area contributed by atoms with Crippen LogP contribution in [0.2, 0.25) is 10.0 Å². The van der Waals surface area contributed by atoms with Gasteiger partial charge in [0.2, 0.25) is 0 Å². The van der Waals surface area contributed by atoms with Crippen molar-refractivity contribution in [2.75, 3.05) is 13.1 Å². The Kier molecular flexibility index (Phi) is 4.80. The van der Waals surface area contributed by atoms with Crippen molar-refractivity contribution in [2.45, 2.75) is 56.6 Å². The molecular formula is C17H23Cl2NO. The van der Waals surface area contributed by atoms with Crippen molar-refractivity contribution in [1.82, 2.24) is 4.90 Å². The number of hydrogen-bond donors (Lipinski definition) is 1. The van der Waals surface area contributed by atoms with Gasteiger partial charge in [0.25, 0.3) is 0 Å². The number of aliphatic hydroxyl groups excluding tert-OH is 1. The molecule has 2 nitrogen and oxygen atoms in total. The number of likely N-dealkylation sites (tertiary alicyclic amines) is 1. The van der Waals surface area contributed by atoms with Gasteiger partial charge >= 0.3 is 0 Å². The summed E-state index contributed by atoms with van der Waals surface area (Å²) in [5.41, 5.74) is 0.644. The molecule has 2 fully saturated rings. The van der Waals surface area contributed by atoms with Gasteiger partial charge < -0.3 is 5.11 Å². The third-order valence-electron chi connectivity index (χ3n) is 5.22. The molecule has 1 saturated carbocycles. The number of piperidine rings is 1. The lowest BCUT2D eigenvalue weighted by Crippen LogP contribution is -2.53. The third kappa shape index (κ3) is 2.96. The molecule has 4 heteroatoms. The molecule has 1 saturated heterocycles. The smallest absolute Gasteiger partial charge is 0.0988 e. The van der Waals surface area contributed by atoms with Crippen LogP contribution in [-0.2, 0) is 0 Å². The minimum Gasteiger partial charge on any atom is -0.386 e. The van der Waals surface area contributed by atoms with Gasteiger partial charge in [-0.1, -0.05) is 42.5 Å². The fourth-order valence-electron chi connectivity index (χ4n) is 4.10. The highest BCUT2D eigenvalue weighted by Gasteiger charge is 2.46. The summed E-state index contributed by atoms with van der Waals surface area (Å²) in [5, 5.41) is 12.4. The molecule has 116 valence electrons. The first-order valence-corrected chi connectivity index (χ1v) is 8.77. The minimum atomic E-state index is -0.552. The van der Waals surface area contributed by atoms with Crippen molar-refractivity contribution >= 4 is 23.2 Å². The number of halogens is 2. The Morgan fingerprint density at radius 3 is 2.33 bits per heavy atom. The van der Waals surface area contributed by atoms with E-state index in [1.54, 1.807) is 12.1 Å². The van der Waals surface area contributed by atoms with Crippen molar-refractivity contribution < 1.29 is 5.11 Å². The predicted octanol–water partition coefficient (Wildman–Crippen LogP) is 4.83. The third-order valence-corrected chi connectivity index (χ3v) is 5.80. The second-order valence-electron chi connectivity index (χ2n) is 6.43. The number of rotatable bonds is 3. The second kappa shape index (κ2) is 6.45. The summed E-state index contributed by atoms with van der Waals surface area (Å²) in [6.07, 6.45) is 7.70. The fraction of sp³-hybridized carbons (Fsp3) is 0.647. The van der Waals surface area contributed by atoms with Crippen LogP contribution >= 0.6 is 23.2 Å². The van der Waals surface area contributed by atoms with E-state index in [0.717, 1.165) is 31.5 Å². The molecule has 0 amide bonds. The van der Waals surface area contributed by atoms with Gasteiger partial charge in [-0.3, -0.25) is 4.90 Å². The zero-order chi connectivity index (χ0) is 14.9. The molecule has 2 aliphatic rings. The summed E-state index contributed by atoms with van der Waals surface area (Å²) in [7, 11) is 0. The molecule has 1 N–H and O–H groups in total. The quantitative estimate of drug-likeness (QED) is 0.859. The van der Waals surface area contributed by atoms with E-state index in [2.05, 4.69) is 4.90 Å². The van der Waals surface area contributed by atoms with Crippen LogP contribution in [0.3, 0.4) is 0 Å². The van der Waals surface area contributed by atoms with Crippen molar-refractivity contribution in [3.8, 4) is 0 Å². The second-order valence-corrected chi connectivity index (χ2v) is 7.27. The van der Waals surface area contributed by atoms with Gasteiger partial charge in [-0.25, -0.2) is 0 Å². The van der Waals surface area contributed by atoms with Crippen LogP contribution in [0.15, 0.2) is 18.2 Å². The van der Waals surface area contributed by atoms with Crippen LogP contribution in [0.1, 0.15) is 56.6 Å². The lowest BCUT2D eigenvalue weighted by atomic mass is 9.83. The lowest BCUT2D eigenvalue weighted by molar-refractivity contribution is -0.0404. The van der Waals surface area contributed by atoms with Gasteiger partial charge in [-0.15, -0.1) is 0 Å². The molecule has 1 heterocycles. The highest BCUT2D eigenvalue weighted by atomic mass is 35.5. The van der Waals surface area contributed by atoms with Crippen molar-refractivity contribution in [1.29, 1.82) is 0 Å². The first-order valence-electron chi connectivity index (χ1n) is 8.01. The monoisotopic (exact) mass is 327 g/mol. The SMILES string of the molecule is OC(c1cc(Cl)ccc1Cl)C1(N2CCCCC2)CCCC1. The van der Waals surface area contributed by atoms with Gasteiger partial charge in [-0.05, 0) is 57.0 Å². The average Bonchev–Trinajstić information content (AvgIpc) is 3.01. The molecule has 1 aromatic carbocycles. The standard InChI is InChI=1S/C17H23Cl2NO/c18-13-6-7-15(19)14(12-13)16(21)17(8-2-3-9-17)20-10-4-1-5-11-20/h6-7,12,16,21H,1-5,8-11H2. The summed E-state index contributed by atoms with van der Waals surface area (Å²) >= 11 is 12.4. The van der Waals surface area contributed by atoms with E-state index in [9.17, 15) is 5.11 Å². The maximum Gasteiger partial charge on any atom is 0.0988 e. The molecule has 1 aliphatic carbocycles. The lowest BCUT2D eigenvalue weighted by Gasteiger charge is -2.46. The van der Waals surface area contributed by atoms with Crippen molar-refractivity contribution in [3.05, 3.63) is 33.8 Å². The van der Waals surface area contributed by atoms with Gasteiger partial charge in [0, 0.05) is 15.6 Å². The molecule has 0 bridgehead atoms. The number of nitrogens with zero attached hydrogens (tertiary/aromatic N) is 1. The molecule has 21 heavy (non-hydrogen) atoms. The van der Waals surface area contributed by atoms with E-state index in [0.29, 0.717) is 10.0 Å². The normalized spacial score (nSPS) is 24.1. The van der Waals surface area contributed by atoms with E-state index >= 15 is 0 Å². The highest BCUT2D eigenvalue weighted by molar-refractivity contribution is 6.33. The predicted molar refractivity (Wildman–Crippen MR) is 88.0 cm³/mol. The molecule has 0 aromatic heterocycles. The molecule has 0 spiro atoms. The largest absolute Gasteiger partial charge is 0.386 e. The van der Waals surface area contributed by atoms with Crippen molar-refractivity contribution in [2.24, 2.45) is 0 Å². The topological polar surface area (TPSA) is 23.5 Å². The van der Waals surface area contributed by atoms with E-state index in [1.807, 2.05) is 6.07 Å². The van der Waals surface area contributed by atoms with Gasteiger partial charge in [-0.2, -0.15) is 0 Å². The highest BCUT2D eigenvalue weighted by Crippen LogP contribution is 2.47. The van der Waals surface area contributed by atoms with Crippen LogP contribution in [0.4, 0.5) is 0 Å². The Bertz CT molecular complexity index is 494. The molecule has 1 unspecified atom stereocenters. The molecular weight excluding hydrogens is 305 g/mol. The summed E-state index contributed by atoms with van der Waals surface area (Å²) in [5.74, 6) is 0. The summed E-state index contributed by atoms with van der Waals surface area (Å²) in [4.78, 5) is 2.52. The summed E-state index contributed by atoms with van der Waals surface area (Å²) in [6, 6.07) is 5.40. The minimum absolute atomic E-state index is 0.144. The van der Waals surface area contributed by atoms with E-state index in [4.69, 9.17) is 23.2 Å². The molecule has 1 atom stereocenters. The average molecular weight is 328 g/mol. The molecule has 0 radical (unpaired) electrons. The van der Waals surface area contributed by atoms with E-state index in [1.165, 1.54) is 32.1 Å². The zero-order valence-electron chi connectivity index (χ0n) is 12.3. The number of aliphatic hydroxyl groups is 1. The number of hydrogen-bond acceptors (Lipinski definition) is 2. The van der Waals surface area contributed by atoms with E-state index in [-0.39, 0.29) is 5.54 Å². The Hall–Kier alpha value is -0.280. The fourth-order valence-corrected chi connectivity index (χ4v) is 4.50. The van der Waals surface area contributed by atoms with Crippen LogP contribution < -0.4 is 0 Å². The Morgan fingerprint density at radius 1 is 1.00 bits per heavy atom. The zero-order valence-corrected chi connectivity index (χ0v) is 13.8. The maximum atomic E-state index is 11.1. The number of benzene rings is 1. The summed E-state index contributed by atoms with van der Waals surface area (Å²) < 4.78 is 0. The molecule has 1 aliphatic heterocycles. The van der Waals surface area contributed by atoms with Crippen LogP contribution in [0.25, 0.3) is 0 Å². The van der Waals surface area contributed by atoms with Crippen LogP contribution in [-0.4, -0.2) is 28.6 Å². The van der Waals surface area contributed by atoms with Gasteiger partial charge in [0.15, 0.2) is 0 Å². The molecule has 3 rings (SSSR count).